The second kappa shape index (κ2) is 15.8. The minimum atomic E-state index is -1.32. The molecule has 2 atom stereocenters. The SMILES string of the molecule is C[SiH](C)OC(CCC(CCC1CCCCC1)C(C)(C)C)c1ccc(C(C)(C)C)c(NC(=O)CC2c3ccccc3Oc3ccccc32)c1. The predicted molar refractivity (Wildman–Crippen MR) is 204 cm³/mol. The molecule has 48 heavy (non-hydrogen) atoms. The van der Waals surface area contributed by atoms with E-state index in [4.69, 9.17) is 9.16 Å². The highest BCUT2D eigenvalue weighted by Gasteiger charge is 2.31. The average molecular weight is 668 g/mol. The summed E-state index contributed by atoms with van der Waals surface area (Å²) in [4.78, 5) is 14.0. The summed E-state index contributed by atoms with van der Waals surface area (Å²) in [7, 11) is -1.32. The first-order valence-electron chi connectivity index (χ1n) is 18.7. The number of carbonyl (C=O) groups excluding carboxylic acids is 1. The van der Waals surface area contributed by atoms with Crippen LogP contribution in [0.25, 0.3) is 0 Å². The fraction of sp³-hybridized carbons (Fsp3) is 0.558. The second-order valence-electron chi connectivity index (χ2n) is 16.9. The molecule has 3 aromatic rings. The summed E-state index contributed by atoms with van der Waals surface area (Å²) in [5.41, 5.74) is 5.49. The molecule has 1 aliphatic heterocycles. The van der Waals surface area contributed by atoms with Crippen LogP contribution in [0.4, 0.5) is 5.69 Å². The minimum absolute atomic E-state index is 0.0142. The van der Waals surface area contributed by atoms with Crippen molar-refractivity contribution in [3.63, 3.8) is 0 Å². The molecule has 2 unspecified atom stereocenters. The van der Waals surface area contributed by atoms with E-state index >= 15 is 0 Å². The number of nitrogens with one attached hydrogen (secondary N) is 1. The third-order valence-corrected chi connectivity index (χ3v) is 11.7. The maximum Gasteiger partial charge on any atom is 0.225 e. The Labute approximate surface area is 293 Å². The molecule has 1 N–H and O–H groups in total. The van der Waals surface area contributed by atoms with E-state index < -0.39 is 9.04 Å². The van der Waals surface area contributed by atoms with Crippen LogP contribution in [0, 0.1) is 17.3 Å². The van der Waals surface area contributed by atoms with E-state index in [-0.39, 0.29) is 28.8 Å². The van der Waals surface area contributed by atoms with E-state index in [0.717, 1.165) is 52.6 Å². The van der Waals surface area contributed by atoms with Crippen molar-refractivity contribution in [1.29, 1.82) is 0 Å². The molecule has 0 bridgehead atoms. The normalized spacial score (nSPS) is 16.9. The van der Waals surface area contributed by atoms with Gasteiger partial charge in [-0.3, -0.25) is 4.79 Å². The number of hydrogen-bond acceptors (Lipinski definition) is 3. The zero-order chi connectivity index (χ0) is 34.5. The van der Waals surface area contributed by atoms with Gasteiger partial charge in [0.1, 0.15) is 11.5 Å². The number of carbonyl (C=O) groups is 1. The number of ether oxygens (including phenoxy) is 1. The van der Waals surface area contributed by atoms with E-state index in [1.165, 1.54) is 50.5 Å². The fourth-order valence-electron chi connectivity index (χ4n) is 8.05. The van der Waals surface area contributed by atoms with Crippen LogP contribution in [0.3, 0.4) is 0 Å². The lowest BCUT2D eigenvalue weighted by Crippen LogP contribution is -2.24. The summed E-state index contributed by atoms with van der Waals surface area (Å²) in [6.07, 6.45) is 12.3. The standard InChI is InChI=1S/C43H61NO3Si/c1-42(2,3)32(24-22-30-16-10-9-11-17-30)25-27-38(47-48(7)8)31-23-26-36(43(4,5)6)37(28-31)44-41(45)29-35-33-18-12-14-20-39(33)46-40-21-15-13-19-34(35)40/h12-15,18-21,23,26,28,30,32,35,38,48H,9-11,16-17,22,24-25,27,29H2,1-8H3,(H,44,45). The molecule has 1 fully saturated rings. The van der Waals surface area contributed by atoms with Crippen molar-refractivity contribution in [2.45, 2.75) is 136 Å². The number of benzene rings is 3. The van der Waals surface area contributed by atoms with Gasteiger partial charge < -0.3 is 14.5 Å². The Bertz CT molecular complexity index is 1470. The number of hydrogen-bond donors (Lipinski definition) is 1. The zero-order valence-electron chi connectivity index (χ0n) is 31.0. The van der Waals surface area contributed by atoms with Gasteiger partial charge in [0, 0.05) is 29.2 Å². The maximum absolute atomic E-state index is 14.0. The highest BCUT2D eigenvalue weighted by atomic mass is 28.3. The van der Waals surface area contributed by atoms with Crippen LogP contribution >= 0.6 is 0 Å². The number of rotatable bonds is 12. The van der Waals surface area contributed by atoms with E-state index in [1.54, 1.807) is 0 Å². The van der Waals surface area contributed by atoms with Gasteiger partial charge >= 0.3 is 0 Å². The predicted octanol–water partition coefficient (Wildman–Crippen LogP) is 12.1. The van der Waals surface area contributed by atoms with Gasteiger partial charge in [0.15, 0.2) is 9.04 Å². The molecule has 1 amide bonds. The van der Waals surface area contributed by atoms with Gasteiger partial charge in [-0.1, -0.05) is 129 Å². The molecule has 0 aromatic heterocycles. The Morgan fingerprint density at radius 3 is 2.06 bits per heavy atom. The van der Waals surface area contributed by atoms with Gasteiger partial charge in [0.05, 0.1) is 6.10 Å². The Balaban J connectivity index is 1.36. The van der Waals surface area contributed by atoms with Crippen LogP contribution in [0.1, 0.15) is 140 Å². The van der Waals surface area contributed by atoms with Crippen molar-refractivity contribution in [2.24, 2.45) is 17.3 Å². The van der Waals surface area contributed by atoms with Gasteiger partial charge in [-0.05, 0) is 84.3 Å². The molecule has 0 spiro atoms. The monoisotopic (exact) mass is 667 g/mol. The van der Waals surface area contributed by atoms with Crippen LogP contribution in [0.5, 0.6) is 11.5 Å². The third-order valence-electron chi connectivity index (χ3n) is 10.8. The van der Waals surface area contributed by atoms with Gasteiger partial charge in [0.2, 0.25) is 5.91 Å². The molecule has 3 aromatic carbocycles. The van der Waals surface area contributed by atoms with Gasteiger partial charge in [-0.25, -0.2) is 0 Å². The first-order chi connectivity index (χ1) is 22.8. The summed E-state index contributed by atoms with van der Waals surface area (Å²) < 4.78 is 13.0. The molecular weight excluding hydrogens is 607 g/mol. The summed E-state index contributed by atoms with van der Waals surface area (Å²) in [6, 6.07) is 22.9. The molecule has 0 radical (unpaired) electrons. The summed E-state index contributed by atoms with van der Waals surface area (Å²) in [5, 5.41) is 3.40. The van der Waals surface area contributed by atoms with Gasteiger partial charge in [-0.15, -0.1) is 0 Å². The van der Waals surface area contributed by atoms with Crippen molar-refractivity contribution in [3.05, 3.63) is 89.0 Å². The number of para-hydroxylation sites is 2. The number of anilines is 1. The smallest absolute Gasteiger partial charge is 0.225 e. The average Bonchev–Trinajstić information content (AvgIpc) is 3.03. The molecule has 1 saturated carbocycles. The molecule has 2 aliphatic rings. The highest BCUT2D eigenvalue weighted by Crippen LogP contribution is 2.46. The molecule has 260 valence electrons. The van der Waals surface area contributed by atoms with Gasteiger partial charge in [-0.2, -0.15) is 0 Å². The highest BCUT2D eigenvalue weighted by molar-refractivity contribution is 6.48. The second-order valence-corrected chi connectivity index (χ2v) is 19.3. The summed E-state index contributed by atoms with van der Waals surface area (Å²) >= 11 is 0. The van der Waals surface area contributed by atoms with E-state index in [0.29, 0.717) is 12.3 Å². The lowest BCUT2D eigenvalue weighted by molar-refractivity contribution is -0.116. The van der Waals surface area contributed by atoms with Gasteiger partial charge in [0.25, 0.3) is 0 Å². The lowest BCUT2D eigenvalue weighted by atomic mass is 9.73. The molecule has 5 rings (SSSR count). The van der Waals surface area contributed by atoms with E-state index in [1.807, 2.05) is 36.4 Å². The number of amides is 1. The Kier molecular flexibility index (Phi) is 12.0. The lowest BCUT2D eigenvalue weighted by Gasteiger charge is -2.34. The van der Waals surface area contributed by atoms with Crippen LogP contribution in [0.2, 0.25) is 13.1 Å². The van der Waals surface area contributed by atoms with Crippen molar-refractivity contribution in [1.82, 2.24) is 0 Å². The third kappa shape index (κ3) is 9.41. The zero-order valence-corrected chi connectivity index (χ0v) is 32.2. The maximum atomic E-state index is 14.0. The van der Waals surface area contributed by atoms with Crippen LogP contribution < -0.4 is 10.1 Å². The Morgan fingerprint density at radius 1 is 0.854 bits per heavy atom. The van der Waals surface area contributed by atoms with E-state index in [9.17, 15) is 4.79 Å². The summed E-state index contributed by atoms with van der Waals surface area (Å²) in [5.74, 6) is 3.18. The Hall–Kier alpha value is -2.89. The van der Waals surface area contributed by atoms with Crippen LogP contribution in [0.15, 0.2) is 66.7 Å². The molecule has 4 nitrogen and oxygen atoms in total. The van der Waals surface area contributed by atoms with Crippen molar-refractivity contribution >= 4 is 20.6 Å². The largest absolute Gasteiger partial charge is 0.457 e. The van der Waals surface area contributed by atoms with Crippen LogP contribution in [-0.4, -0.2) is 14.9 Å². The first kappa shape index (κ1) is 36.4. The molecule has 1 aliphatic carbocycles. The fourth-order valence-corrected chi connectivity index (χ4v) is 9.00. The van der Waals surface area contributed by atoms with Crippen molar-refractivity contribution in [2.75, 3.05) is 5.32 Å². The molecule has 5 heteroatoms. The first-order valence-corrected chi connectivity index (χ1v) is 21.5. The number of fused-ring (bicyclic) bond motifs is 2. The topological polar surface area (TPSA) is 47.6 Å². The van der Waals surface area contributed by atoms with E-state index in [2.05, 4.69) is 90.3 Å². The molecule has 0 saturated heterocycles. The molecule has 1 heterocycles. The Morgan fingerprint density at radius 2 is 1.48 bits per heavy atom. The van der Waals surface area contributed by atoms with Crippen LogP contribution in [-0.2, 0) is 14.6 Å². The summed E-state index contributed by atoms with van der Waals surface area (Å²) in [6.45, 7) is 18.5. The van der Waals surface area contributed by atoms with Crippen molar-refractivity contribution < 1.29 is 14.0 Å². The molecular formula is C43H61NO3Si. The minimum Gasteiger partial charge on any atom is -0.457 e. The quantitative estimate of drug-likeness (QED) is 0.196. The van der Waals surface area contributed by atoms with Crippen molar-refractivity contribution in [3.8, 4) is 11.5 Å².